The molecule has 3 N–H and O–H groups in total. The first-order valence-corrected chi connectivity index (χ1v) is 9.22. The van der Waals surface area contributed by atoms with Crippen LogP contribution in [-0.4, -0.2) is 30.5 Å². The van der Waals surface area contributed by atoms with E-state index in [9.17, 15) is 4.79 Å². The van der Waals surface area contributed by atoms with E-state index in [0.29, 0.717) is 18.2 Å². The molecular formula is C20H30N4O. The predicted octanol–water partition coefficient (Wildman–Crippen LogP) is 2.99. The summed E-state index contributed by atoms with van der Waals surface area (Å²) < 4.78 is 0. The molecule has 5 nitrogen and oxygen atoms in total. The lowest BCUT2D eigenvalue weighted by Gasteiger charge is -2.16. The molecule has 1 aromatic rings. The van der Waals surface area contributed by atoms with Gasteiger partial charge in [0.25, 0.3) is 5.91 Å². The molecule has 0 bridgehead atoms. The minimum Gasteiger partial charge on any atom is -0.357 e. The lowest BCUT2D eigenvalue weighted by Crippen LogP contribution is -2.42. The Morgan fingerprint density at radius 3 is 2.48 bits per heavy atom. The fraction of sp³-hybridized carbons (Fsp3) is 0.500. The van der Waals surface area contributed by atoms with Crippen LogP contribution in [0, 0.1) is 0 Å². The Balaban J connectivity index is 1.92. The van der Waals surface area contributed by atoms with Gasteiger partial charge in [-0.15, -0.1) is 0 Å². The van der Waals surface area contributed by atoms with E-state index in [1.165, 1.54) is 0 Å². The quantitative estimate of drug-likeness (QED) is 0.405. The van der Waals surface area contributed by atoms with Gasteiger partial charge in [0.15, 0.2) is 5.96 Å². The smallest absolute Gasteiger partial charge is 0.251 e. The van der Waals surface area contributed by atoms with Crippen LogP contribution in [0.3, 0.4) is 0 Å². The molecular weight excluding hydrogens is 312 g/mol. The third-order valence-electron chi connectivity index (χ3n) is 4.32. The van der Waals surface area contributed by atoms with Crippen LogP contribution in [0.1, 0.15) is 56.0 Å². The van der Waals surface area contributed by atoms with E-state index >= 15 is 0 Å². The number of hydrogen-bond donors (Lipinski definition) is 3. The van der Waals surface area contributed by atoms with Crippen molar-refractivity contribution >= 4 is 11.9 Å². The van der Waals surface area contributed by atoms with Gasteiger partial charge >= 0.3 is 0 Å². The Morgan fingerprint density at radius 1 is 1.20 bits per heavy atom. The zero-order valence-electron chi connectivity index (χ0n) is 15.5. The molecule has 0 spiro atoms. The summed E-state index contributed by atoms with van der Waals surface area (Å²) >= 11 is 0. The number of hydrogen-bond acceptors (Lipinski definition) is 2. The molecule has 0 fully saturated rings. The van der Waals surface area contributed by atoms with Gasteiger partial charge in [-0.1, -0.05) is 31.2 Å². The predicted molar refractivity (Wildman–Crippen MR) is 104 cm³/mol. The highest BCUT2D eigenvalue weighted by Gasteiger charge is 2.11. The molecule has 25 heavy (non-hydrogen) atoms. The summed E-state index contributed by atoms with van der Waals surface area (Å²) in [7, 11) is 0. The van der Waals surface area contributed by atoms with Crippen LogP contribution in [0.25, 0.3) is 0 Å². The topological polar surface area (TPSA) is 65.5 Å². The largest absolute Gasteiger partial charge is 0.357 e. The number of carbonyl (C=O) groups is 1. The van der Waals surface area contributed by atoms with E-state index in [-0.39, 0.29) is 11.9 Å². The van der Waals surface area contributed by atoms with Crippen LogP contribution in [0.2, 0.25) is 0 Å². The molecule has 1 aliphatic carbocycles. The van der Waals surface area contributed by atoms with E-state index in [1.807, 2.05) is 31.2 Å². The standard InChI is InChI=1S/C20H30N4O/c1-4-15(3)23-19(25)17-12-10-16(11-13-17)14-22-20(21-5-2)24-18-8-6-7-9-18/h6-7,10-13,15,18H,4-5,8-9,14H2,1-3H3,(H,23,25)(H2,21,22,24). The molecule has 0 aliphatic heterocycles. The van der Waals surface area contributed by atoms with E-state index in [4.69, 9.17) is 0 Å². The van der Waals surface area contributed by atoms with Gasteiger partial charge in [-0.25, -0.2) is 4.99 Å². The van der Waals surface area contributed by atoms with Gasteiger partial charge in [0.1, 0.15) is 0 Å². The maximum atomic E-state index is 12.1. The maximum absolute atomic E-state index is 12.1. The van der Waals surface area contributed by atoms with Crippen molar-refractivity contribution in [1.82, 2.24) is 16.0 Å². The SMILES string of the molecule is CCNC(=NCc1ccc(C(=O)NC(C)CC)cc1)NC1CC=CC1. The first kappa shape index (κ1) is 19.0. The summed E-state index contributed by atoms with van der Waals surface area (Å²) in [4.78, 5) is 16.8. The van der Waals surface area contributed by atoms with E-state index in [1.54, 1.807) is 0 Å². The number of nitrogens with one attached hydrogen (secondary N) is 3. The van der Waals surface area contributed by atoms with Crippen LogP contribution < -0.4 is 16.0 Å². The number of aliphatic imine (C=N–C) groups is 1. The zero-order valence-corrected chi connectivity index (χ0v) is 15.5. The molecule has 1 unspecified atom stereocenters. The van der Waals surface area contributed by atoms with Gasteiger partial charge in [-0.3, -0.25) is 4.79 Å². The number of rotatable bonds is 7. The van der Waals surface area contributed by atoms with Crippen LogP contribution in [-0.2, 0) is 6.54 Å². The highest BCUT2D eigenvalue weighted by molar-refractivity contribution is 5.94. The van der Waals surface area contributed by atoms with Gasteiger partial charge in [0.2, 0.25) is 0 Å². The Labute approximate surface area is 151 Å². The van der Waals surface area contributed by atoms with Crippen molar-refractivity contribution in [3.8, 4) is 0 Å². The second kappa shape index (κ2) is 9.87. The Morgan fingerprint density at radius 2 is 1.88 bits per heavy atom. The minimum atomic E-state index is -0.0202. The maximum Gasteiger partial charge on any atom is 0.251 e. The average Bonchev–Trinajstić information content (AvgIpc) is 3.13. The van der Waals surface area contributed by atoms with Gasteiger partial charge < -0.3 is 16.0 Å². The summed E-state index contributed by atoms with van der Waals surface area (Å²) in [6.07, 6.45) is 7.42. The molecule has 0 saturated carbocycles. The van der Waals surface area contributed by atoms with Gasteiger partial charge in [0.05, 0.1) is 6.54 Å². The third-order valence-corrected chi connectivity index (χ3v) is 4.32. The van der Waals surface area contributed by atoms with Gasteiger partial charge in [-0.05, 0) is 50.8 Å². The summed E-state index contributed by atoms with van der Waals surface area (Å²) in [5, 5.41) is 9.72. The first-order valence-electron chi connectivity index (χ1n) is 9.22. The van der Waals surface area contributed by atoms with Crippen LogP contribution in [0.4, 0.5) is 0 Å². The number of benzene rings is 1. The molecule has 5 heteroatoms. The Bertz CT molecular complexity index is 599. The monoisotopic (exact) mass is 342 g/mol. The van der Waals surface area contributed by atoms with Crippen molar-refractivity contribution in [2.45, 2.75) is 58.7 Å². The van der Waals surface area contributed by atoms with Gasteiger partial charge in [-0.2, -0.15) is 0 Å². The molecule has 0 heterocycles. The van der Waals surface area contributed by atoms with Crippen molar-refractivity contribution in [3.63, 3.8) is 0 Å². The molecule has 1 aromatic carbocycles. The van der Waals surface area contributed by atoms with Crippen LogP contribution in [0.15, 0.2) is 41.4 Å². The van der Waals surface area contributed by atoms with E-state index < -0.39 is 0 Å². The number of nitrogens with zero attached hydrogens (tertiary/aromatic N) is 1. The first-order chi connectivity index (χ1) is 12.1. The van der Waals surface area contributed by atoms with Crippen molar-refractivity contribution in [1.29, 1.82) is 0 Å². The highest BCUT2D eigenvalue weighted by atomic mass is 16.1. The third kappa shape index (κ3) is 6.25. The van der Waals surface area contributed by atoms with Crippen molar-refractivity contribution in [3.05, 3.63) is 47.5 Å². The Kier molecular flexibility index (Phi) is 7.51. The van der Waals surface area contributed by atoms with Crippen molar-refractivity contribution in [2.75, 3.05) is 6.54 Å². The average molecular weight is 342 g/mol. The van der Waals surface area contributed by atoms with Crippen LogP contribution in [0.5, 0.6) is 0 Å². The Hall–Kier alpha value is -2.30. The second-order valence-corrected chi connectivity index (χ2v) is 6.46. The lowest BCUT2D eigenvalue weighted by atomic mass is 10.1. The lowest BCUT2D eigenvalue weighted by molar-refractivity contribution is 0.0939. The van der Waals surface area contributed by atoms with Gasteiger partial charge in [0, 0.05) is 24.2 Å². The number of amides is 1. The molecule has 136 valence electrons. The summed E-state index contributed by atoms with van der Waals surface area (Å²) in [6, 6.07) is 8.29. The molecule has 1 aliphatic rings. The molecule has 2 rings (SSSR count). The van der Waals surface area contributed by atoms with E-state index in [2.05, 4.69) is 46.9 Å². The normalized spacial score (nSPS) is 15.9. The summed E-state index contributed by atoms with van der Waals surface area (Å²) in [6.45, 7) is 7.55. The fourth-order valence-corrected chi connectivity index (χ4v) is 2.59. The molecule has 1 atom stereocenters. The van der Waals surface area contributed by atoms with E-state index in [0.717, 1.165) is 37.3 Å². The molecule has 0 saturated heterocycles. The zero-order chi connectivity index (χ0) is 18.1. The summed E-state index contributed by atoms with van der Waals surface area (Å²) in [5.41, 5.74) is 1.77. The number of guanidine groups is 1. The molecule has 0 aromatic heterocycles. The minimum absolute atomic E-state index is 0.0202. The second-order valence-electron chi connectivity index (χ2n) is 6.46. The van der Waals surface area contributed by atoms with Crippen molar-refractivity contribution < 1.29 is 4.79 Å². The molecule has 0 radical (unpaired) electrons. The summed E-state index contributed by atoms with van der Waals surface area (Å²) in [5.74, 6) is 0.822. The number of carbonyl (C=O) groups excluding carboxylic acids is 1. The highest BCUT2D eigenvalue weighted by Crippen LogP contribution is 2.10. The van der Waals surface area contributed by atoms with Crippen molar-refractivity contribution in [2.24, 2.45) is 4.99 Å². The fourth-order valence-electron chi connectivity index (χ4n) is 2.59. The van der Waals surface area contributed by atoms with Crippen LogP contribution >= 0.6 is 0 Å². The molecule has 1 amide bonds.